The predicted molar refractivity (Wildman–Crippen MR) is 60.3 cm³/mol. The lowest BCUT2D eigenvalue weighted by Crippen LogP contribution is -1.98. The summed E-state index contributed by atoms with van der Waals surface area (Å²) in [7, 11) is 0. The zero-order valence-corrected chi connectivity index (χ0v) is 9.48. The number of halogens is 1. The molecule has 2 heterocycles. The van der Waals surface area contributed by atoms with Crippen LogP contribution in [-0.4, -0.2) is 11.9 Å². The van der Waals surface area contributed by atoms with Gasteiger partial charge in [0.1, 0.15) is 6.10 Å². The zero-order valence-electron chi connectivity index (χ0n) is 8.72. The van der Waals surface area contributed by atoms with Gasteiger partial charge in [-0.2, -0.15) is 0 Å². The molecule has 1 aliphatic rings. The van der Waals surface area contributed by atoms with E-state index in [1.165, 1.54) is 12.5 Å². The molecule has 3 rings (SSSR count). The van der Waals surface area contributed by atoms with Gasteiger partial charge in [0.15, 0.2) is 11.5 Å². The Balaban J connectivity index is 2.02. The maximum absolute atomic E-state index is 10.1. The van der Waals surface area contributed by atoms with Crippen molar-refractivity contribution >= 4 is 11.6 Å². The van der Waals surface area contributed by atoms with Crippen LogP contribution in [0, 0.1) is 0 Å². The zero-order chi connectivity index (χ0) is 11.8. The Morgan fingerprint density at radius 2 is 2.12 bits per heavy atom. The van der Waals surface area contributed by atoms with E-state index in [1.807, 2.05) is 0 Å². The highest BCUT2D eigenvalue weighted by atomic mass is 35.5. The number of rotatable bonds is 2. The van der Waals surface area contributed by atoms with Gasteiger partial charge in [-0.1, -0.05) is 11.6 Å². The minimum Gasteiger partial charge on any atom is -0.472 e. The lowest BCUT2D eigenvalue weighted by Gasteiger charge is -2.10. The third-order valence-corrected chi connectivity index (χ3v) is 2.90. The summed E-state index contributed by atoms with van der Waals surface area (Å²) in [5.41, 5.74) is 1.31. The van der Waals surface area contributed by atoms with Crippen LogP contribution in [0.1, 0.15) is 17.2 Å². The van der Waals surface area contributed by atoms with E-state index in [0.717, 1.165) is 0 Å². The molecule has 88 valence electrons. The lowest BCUT2D eigenvalue weighted by atomic mass is 10.0. The Kier molecular flexibility index (Phi) is 2.46. The highest BCUT2D eigenvalue weighted by Crippen LogP contribution is 2.41. The third-order valence-electron chi connectivity index (χ3n) is 2.62. The molecule has 4 nitrogen and oxygen atoms in total. The smallest absolute Gasteiger partial charge is 0.231 e. The molecule has 1 aromatic heterocycles. The van der Waals surface area contributed by atoms with Gasteiger partial charge < -0.3 is 19.0 Å². The van der Waals surface area contributed by atoms with Crippen LogP contribution in [0.4, 0.5) is 0 Å². The summed E-state index contributed by atoms with van der Waals surface area (Å²) in [6.07, 6.45) is 2.21. The van der Waals surface area contributed by atoms with Crippen molar-refractivity contribution in [3.05, 3.63) is 46.9 Å². The van der Waals surface area contributed by atoms with Crippen LogP contribution in [0.3, 0.4) is 0 Å². The minimum atomic E-state index is -0.791. The molecule has 1 unspecified atom stereocenters. The Bertz CT molecular complexity index is 536. The number of aliphatic hydroxyl groups excluding tert-OH is 1. The predicted octanol–water partition coefficient (Wildman–Crippen LogP) is 2.74. The van der Waals surface area contributed by atoms with E-state index in [0.29, 0.717) is 27.6 Å². The standard InChI is InChI=1S/C12H9ClO4/c13-9-3-8(4-10-12(9)17-6-16-10)11(14)7-1-2-15-5-7/h1-5,11,14H,6H2. The second kappa shape index (κ2) is 3.98. The van der Waals surface area contributed by atoms with Crippen molar-refractivity contribution in [2.75, 3.05) is 6.79 Å². The van der Waals surface area contributed by atoms with Gasteiger partial charge in [0.25, 0.3) is 0 Å². The number of benzene rings is 1. The van der Waals surface area contributed by atoms with Gasteiger partial charge in [0.05, 0.1) is 17.5 Å². The molecule has 5 heteroatoms. The minimum absolute atomic E-state index is 0.153. The Labute approximate surface area is 102 Å². The fraction of sp³-hybridized carbons (Fsp3) is 0.167. The van der Waals surface area contributed by atoms with E-state index in [-0.39, 0.29) is 6.79 Å². The molecule has 0 saturated carbocycles. The molecule has 0 amide bonds. The van der Waals surface area contributed by atoms with Gasteiger partial charge >= 0.3 is 0 Å². The first-order valence-electron chi connectivity index (χ1n) is 5.05. The SMILES string of the molecule is OC(c1ccoc1)c1cc(Cl)c2c(c1)OCO2. The van der Waals surface area contributed by atoms with E-state index in [1.54, 1.807) is 18.2 Å². The molecule has 0 bridgehead atoms. The summed E-state index contributed by atoms with van der Waals surface area (Å²) in [6, 6.07) is 5.07. The quantitative estimate of drug-likeness (QED) is 0.893. The van der Waals surface area contributed by atoms with Gasteiger partial charge in [0.2, 0.25) is 6.79 Å². The average Bonchev–Trinajstić information content (AvgIpc) is 2.98. The van der Waals surface area contributed by atoms with Crippen LogP contribution in [0.2, 0.25) is 5.02 Å². The normalized spacial score (nSPS) is 14.9. The summed E-state index contributed by atoms with van der Waals surface area (Å²) in [5, 5.41) is 10.5. The molecular weight excluding hydrogens is 244 g/mol. The summed E-state index contributed by atoms with van der Waals surface area (Å²) >= 11 is 6.04. The van der Waals surface area contributed by atoms with Crippen molar-refractivity contribution in [2.45, 2.75) is 6.10 Å². The summed E-state index contributed by atoms with van der Waals surface area (Å²) in [5.74, 6) is 1.07. The average molecular weight is 253 g/mol. The molecule has 17 heavy (non-hydrogen) atoms. The highest BCUT2D eigenvalue weighted by Gasteiger charge is 2.21. The van der Waals surface area contributed by atoms with E-state index < -0.39 is 6.10 Å². The molecule has 0 spiro atoms. The number of ether oxygens (including phenoxy) is 2. The largest absolute Gasteiger partial charge is 0.472 e. The second-order valence-corrected chi connectivity index (χ2v) is 4.10. The monoisotopic (exact) mass is 252 g/mol. The summed E-state index contributed by atoms with van der Waals surface area (Å²) < 4.78 is 15.4. The Morgan fingerprint density at radius 3 is 2.88 bits per heavy atom. The Hall–Kier alpha value is -1.65. The second-order valence-electron chi connectivity index (χ2n) is 3.70. The van der Waals surface area contributed by atoms with Crippen LogP contribution >= 0.6 is 11.6 Å². The molecule has 0 saturated heterocycles. The van der Waals surface area contributed by atoms with Crippen molar-refractivity contribution in [1.29, 1.82) is 0 Å². The summed E-state index contributed by atoms with van der Waals surface area (Å²) in [4.78, 5) is 0. The van der Waals surface area contributed by atoms with Gasteiger partial charge in [-0.15, -0.1) is 0 Å². The molecule has 1 N–H and O–H groups in total. The van der Waals surface area contributed by atoms with Crippen molar-refractivity contribution < 1.29 is 19.0 Å². The van der Waals surface area contributed by atoms with E-state index >= 15 is 0 Å². The van der Waals surface area contributed by atoms with Crippen LogP contribution in [0.5, 0.6) is 11.5 Å². The van der Waals surface area contributed by atoms with Crippen LogP contribution in [0.25, 0.3) is 0 Å². The maximum atomic E-state index is 10.1. The number of fused-ring (bicyclic) bond motifs is 1. The molecule has 1 atom stereocenters. The van der Waals surface area contributed by atoms with Gasteiger partial charge in [-0.3, -0.25) is 0 Å². The topological polar surface area (TPSA) is 51.8 Å². The number of aliphatic hydroxyl groups is 1. The molecule has 0 aliphatic carbocycles. The number of furan rings is 1. The van der Waals surface area contributed by atoms with Crippen LogP contribution in [-0.2, 0) is 0 Å². The highest BCUT2D eigenvalue weighted by molar-refractivity contribution is 6.32. The molecule has 1 aromatic carbocycles. The van der Waals surface area contributed by atoms with Crippen LogP contribution in [0.15, 0.2) is 35.1 Å². The van der Waals surface area contributed by atoms with Crippen molar-refractivity contribution in [2.24, 2.45) is 0 Å². The van der Waals surface area contributed by atoms with Crippen molar-refractivity contribution in [1.82, 2.24) is 0 Å². The Morgan fingerprint density at radius 1 is 1.24 bits per heavy atom. The number of hydrogen-bond acceptors (Lipinski definition) is 4. The van der Waals surface area contributed by atoms with E-state index in [2.05, 4.69) is 0 Å². The number of hydrogen-bond donors (Lipinski definition) is 1. The van der Waals surface area contributed by atoms with E-state index in [4.69, 9.17) is 25.5 Å². The van der Waals surface area contributed by atoms with Gasteiger partial charge in [0, 0.05) is 5.56 Å². The van der Waals surface area contributed by atoms with Crippen molar-refractivity contribution in [3.63, 3.8) is 0 Å². The molecular formula is C12H9ClO4. The van der Waals surface area contributed by atoms with Crippen molar-refractivity contribution in [3.8, 4) is 11.5 Å². The first kappa shape index (κ1) is 10.5. The first-order chi connectivity index (χ1) is 8.25. The van der Waals surface area contributed by atoms with Gasteiger partial charge in [-0.05, 0) is 23.8 Å². The van der Waals surface area contributed by atoms with Crippen LogP contribution < -0.4 is 9.47 Å². The molecule has 0 fully saturated rings. The molecule has 2 aromatic rings. The fourth-order valence-corrected chi connectivity index (χ4v) is 2.04. The van der Waals surface area contributed by atoms with Gasteiger partial charge in [-0.25, -0.2) is 0 Å². The third kappa shape index (κ3) is 1.75. The first-order valence-corrected chi connectivity index (χ1v) is 5.42. The van der Waals surface area contributed by atoms with E-state index in [9.17, 15) is 5.11 Å². The fourth-order valence-electron chi connectivity index (χ4n) is 1.77. The lowest BCUT2D eigenvalue weighted by molar-refractivity contribution is 0.173. The maximum Gasteiger partial charge on any atom is 0.231 e. The molecule has 1 aliphatic heterocycles. The molecule has 0 radical (unpaired) electrons. The summed E-state index contributed by atoms with van der Waals surface area (Å²) in [6.45, 7) is 0.153.